The number of quaternary nitrogens is 1. The topological polar surface area (TPSA) is 79.3 Å². The first kappa shape index (κ1) is 38.3. The van der Waals surface area contributed by atoms with Crippen LogP contribution in [0.2, 0.25) is 0 Å². The smallest absolute Gasteiger partial charge is 0.331 e. The minimum Gasteiger partial charge on any atom is -0.331 e. The summed E-state index contributed by atoms with van der Waals surface area (Å²) in [6, 6.07) is -0.107. The Labute approximate surface area is 242 Å². The zero-order valence-corrected chi connectivity index (χ0v) is 27.5. The second-order valence-electron chi connectivity index (χ2n) is 12.3. The summed E-state index contributed by atoms with van der Waals surface area (Å²) in [5.41, 5.74) is 0. The second-order valence-corrected chi connectivity index (χ2v) is 13.8. The van der Waals surface area contributed by atoms with E-state index in [9.17, 15) is 14.3 Å². The van der Waals surface area contributed by atoms with Crippen molar-refractivity contribution in [3.8, 4) is 0 Å². The second kappa shape index (κ2) is 24.0. The van der Waals surface area contributed by atoms with Gasteiger partial charge in [-0.25, -0.2) is 9.36 Å². The molecule has 0 aliphatic carbocycles. The molecule has 0 bridgehead atoms. The molecular weight excluding hydrogens is 513 g/mol. The number of hydrogen-bond donors (Lipinski definition) is 1. The van der Waals surface area contributed by atoms with Gasteiger partial charge in [-0.05, 0) is 6.42 Å². The van der Waals surface area contributed by atoms with Crippen LogP contribution in [-0.2, 0) is 13.6 Å². The highest BCUT2D eigenvalue weighted by atomic mass is 31.2. The molecule has 8 nitrogen and oxygen atoms in total. The van der Waals surface area contributed by atoms with Crippen molar-refractivity contribution in [1.82, 2.24) is 9.80 Å². The Kier molecular flexibility index (Phi) is 23.6. The maximum atomic E-state index is 12.5. The van der Waals surface area contributed by atoms with Crippen LogP contribution in [0.25, 0.3) is 0 Å². The molecule has 0 saturated heterocycles. The van der Waals surface area contributed by atoms with Crippen LogP contribution in [0, 0.1) is 0 Å². The monoisotopic (exact) mass is 578 g/mol. The van der Waals surface area contributed by atoms with Crippen molar-refractivity contribution < 1.29 is 27.8 Å². The van der Waals surface area contributed by atoms with E-state index in [1.54, 1.807) is 19.0 Å². The van der Waals surface area contributed by atoms with Crippen molar-refractivity contribution in [3.63, 3.8) is 0 Å². The summed E-state index contributed by atoms with van der Waals surface area (Å²) in [6.07, 6.45) is 23.9. The number of unbranched alkanes of at least 4 members (excludes halogenated alkanes) is 17. The van der Waals surface area contributed by atoms with Gasteiger partial charge in [-0.15, -0.1) is 0 Å². The first-order valence-electron chi connectivity index (χ1n) is 15.9. The lowest BCUT2D eigenvalue weighted by atomic mass is 10.0. The van der Waals surface area contributed by atoms with Crippen LogP contribution in [0.5, 0.6) is 0 Å². The zero-order valence-electron chi connectivity index (χ0n) is 26.6. The van der Waals surface area contributed by atoms with E-state index in [4.69, 9.17) is 9.05 Å². The van der Waals surface area contributed by atoms with Crippen molar-refractivity contribution in [2.75, 3.05) is 68.1 Å². The van der Waals surface area contributed by atoms with Crippen LogP contribution in [-0.4, -0.2) is 93.3 Å². The number of phosphoric ester groups is 1. The molecule has 0 heterocycles. The predicted molar refractivity (Wildman–Crippen MR) is 164 cm³/mol. The van der Waals surface area contributed by atoms with Crippen LogP contribution in [0.1, 0.15) is 122 Å². The number of phosphoric acid groups is 1. The van der Waals surface area contributed by atoms with Crippen molar-refractivity contribution >= 4 is 13.9 Å². The molecule has 0 aliphatic heterocycles. The third kappa shape index (κ3) is 26.0. The molecule has 0 rings (SSSR count). The molecule has 1 atom stereocenters. The Morgan fingerprint density at radius 3 is 1.44 bits per heavy atom. The highest BCUT2D eigenvalue weighted by molar-refractivity contribution is 7.47. The Balaban J connectivity index is 3.83. The fourth-order valence-electron chi connectivity index (χ4n) is 4.52. The molecule has 1 unspecified atom stereocenters. The molecule has 0 aromatic carbocycles. The van der Waals surface area contributed by atoms with Gasteiger partial charge in [0, 0.05) is 27.2 Å². The Morgan fingerprint density at radius 2 is 1.05 bits per heavy atom. The van der Waals surface area contributed by atoms with Crippen molar-refractivity contribution in [2.45, 2.75) is 122 Å². The molecule has 39 heavy (non-hydrogen) atoms. The van der Waals surface area contributed by atoms with E-state index < -0.39 is 7.82 Å². The summed E-state index contributed by atoms with van der Waals surface area (Å²) >= 11 is 0. The molecule has 0 aliphatic rings. The highest BCUT2D eigenvalue weighted by Gasteiger charge is 2.24. The average molecular weight is 579 g/mol. The maximum absolute atomic E-state index is 12.5. The predicted octanol–water partition coefficient (Wildman–Crippen LogP) is 7.85. The van der Waals surface area contributed by atoms with Crippen LogP contribution in [0.4, 0.5) is 4.79 Å². The Bertz CT molecular complexity index is 628. The van der Waals surface area contributed by atoms with E-state index in [1.165, 1.54) is 108 Å². The summed E-state index contributed by atoms with van der Waals surface area (Å²) in [5, 5.41) is 0. The summed E-state index contributed by atoms with van der Waals surface area (Å²) in [7, 11) is 5.27. The van der Waals surface area contributed by atoms with Crippen LogP contribution in [0.15, 0.2) is 0 Å². The fraction of sp³-hybridized carbons (Fsp3) is 0.967. The molecule has 0 fully saturated rings. The number of rotatable bonds is 27. The van der Waals surface area contributed by atoms with Crippen LogP contribution in [0.3, 0.4) is 0 Å². The third-order valence-corrected chi connectivity index (χ3v) is 8.08. The molecule has 0 spiro atoms. The summed E-state index contributed by atoms with van der Waals surface area (Å²) in [5.74, 6) is 0. The van der Waals surface area contributed by atoms with Gasteiger partial charge in [-0.3, -0.25) is 9.05 Å². The van der Waals surface area contributed by atoms with Crippen molar-refractivity contribution in [2.24, 2.45) is 0 Å². The number of carbonyl (C=O) groups excluding carboxylic acids is 1. The maximum Gasteiger partial charge on any atom is 0.472 e. The number of urea groups is 1. The van der Waals surface area contributed by atoms with E-state index in [0.717, 1.165) is 12.8 Å². The van der Waals surface area contributed by atoms with Gasteiger partial charge < -0.3 is 19.2 Å². The highest BCUT2D eigenvalue weighted by Crippen LogP contribution is 2.42. The zero-order chi connectivity index (χ0) is 29.4. The Hall–Kier alpha value is -0.660. The minimum atomic E-state index is -4.12. The van der Waals surface area contributed by atoms with Gasteiger partial charge in [0.2, 0.25) is 0 Å². The Morgan fingerprint density at radius 1 is 0.667 bits per heavy atom. The van der Waals surface area contributed by atoms with Gasteiger partial charge in [0.05, 0.1) is 27.7 Å². The third-order valence-electron chi connectivity index (χ3n) is 7.07. The van der Waals surface area contributed by atoms with E-state index >= 15 is 0 Å². The summed E-state index contributed by atoms with van der Waals surface area (Å²) < 4.78 is 22.9. The van der Waals surface area contributed by atoms with E-state index in [1.807, 2.05) is 21.1 Å². The van der Waals surface area contributed by atoms with Gasteiger partial charge in [-0.1, -0.05) is 116 Å². The SMILES string of the molecule is CCCCCCCCCCCCCCCCCCCCN(CCOP(=O)(O)OCC[N+](C)(C)C)C(=O)N(C)C. The van der Waals surface area contributed by atoms with Gasteiger partial charge >= 0.3 is 13.9 Å². The summed E-state index contributed by atoms with van der Waals surface area (Å²) in [6.45, 7) is 3.86. The molecule has 0 aromatic rings. The number of amides is 2. The van der Waals surface area contributed by atoms with Crippen molar-refractivity contribution in [3.05, 3.63) is 0 Å². The van der Waals surface area contributed by atoms with E-state index in [2.05, 4.69) is 6.92 Å². The molecule has 234 valence electrons. The number of hydrogen-bond acceptors (Lipinski definition) is 4. The first-order chi connectivity index (χ1) is 18.5. The first-order valence-corrected chi connectivity index (χ1v) is 17.4. The quantitative estimate of drug-likeness (QED) is 0.0610. The molecule has 0 saturated carbocycles. The van der Waals surface area contributed by atoms with E-state index in [-0.39, 0.29) is 25.8 Å². The van der Waals surface area contributed by atoms with Crippen LogP contribution >= 0.6 is 7.82 Å². The van der Waals surface area contributed by atoms with Gasteiger partial charge in [0.1, 0.15) is 13.2 Å². The molecule has 0 aromatic heterocycles. The lowest BCUT2D eigenvalue weighted by Crippen LogP contribution is -2.41. The molecule has 0 radical (unpaired) electrons. The normalized spacial score (nSPS) is 13.4. The minimum absolute atomic E-state index is 0.0310. The van der Waals surface area contributed by atoms with Crippen molar-refractivity contribution in [1.29, 1.82) is 0 Å². The lowest BCUT2D eigenvalue weighted by molar-refractivity contribution is -0.870. The van der Waals surface area contributed by atoms with Crippen LogP contribution < -0.4 is 0 Å². The molecule has 1 N–H and O–H groups in total. The number of nitrogens with zero attached hydrogens (tertiary/aromatic N) is 3. The van der Waals surface area contributed by atoms with Gasteiger partial charge in [0.15, 0.2) is 0 Å². The molecular formula is C30H65N3O5P+. The molecule has 2 amide bonds. The standard InChI is InChI=1S/C30H64N3O5P/c1-7-8-9-10-11-12-13-14-15-16-17-18-19-20-21-22-23-24-25-32(30(34)31(2)3)26-28-37-39(35,36)38-29-27-33(4,5)6/h7-29H2,1-6H3/p+1. The summed E-state index contributed by atoms with van der Waals surface area (Å²) in [4.78, 5) is 25.7. The average Bonchev–Trinajstić information content (AvgIpc) is 2.85. The largest absolute Gasteiger partial charge is 0.472 e. The lowest BCUT2D eigenvalue weighted by Gasteiger charge is -2.26. The van der Waals surface area contributed by atoms with Gasteiger partial charge in [-0.2, -0.15) is 0 Å². The number of likely N-dealkylation sites (N-methyl/N-ethyl adjacent to an activating group) is 1. The van der Waals surface area contributed by atoms with E-state index in [0.29, 0.717) is 17.6 Å². The number of carbonyl (C=O) groups is 1. The van der Waals surface area contributed by atoms with Gasteiger partial charge in [0.25, 0.3) is 0 Å². The fourth-order valence-corrected chi connectivity index (χ4v) is 5.22. The molecule has 9 heteroatoms.